The molecule has 0 bridgehead atoms. The van der Waals surface area contributed by atoms with Crippen LogP contribution >= 0.6 is 0 Å². The highest BCUT2D eigenvalue weighted by Gasteiger charge is 2.25. The molecular weight excluding hydrogens is 404 g/mol. The van der Waals surface area contributed by atoms with Crippen LogP contribution in [0.3, 0.4) is 0 Å². The lowest BCUT2D eigenvalue weighted by atomic mass is 10.1. The monoisotopic (exact) mass is 433 g/mol. The lowest BCUT2D eigenvalue weighted by molar-refractivity contribution is -0.134. The number of amides is 3. The number of hydrogen-bond acceptors (Lipinski definition) is 6. The standard InChI is InChI=1S/C21H29N4O6/c1-3-31-21(29)23-22-14-16-4-6-17(7-5-16)20(28)25(12-13-30-2)15-19(27)24-10-8-18(26)9-11-24/h4-7,14,18H,3,8-13,15H2,1-2H3,(H,23,29). The van der Waals surface area contributed by atoms with Gasteiger partial charge in [0.15, 0.2) is 0 Å². The molecule has 1 radical (unpaired) electrons. The zero-order chi connectivity index (χ0) is 22.6. The first-order valence-electron chi connectivity index (χ1n) is 10.2. The lowest BCUT2D eigenvalue weighted by Crippen LogP contribution is -2.47. The molecule has 1 heterocycles. The molecular formula is C21H29N4O6. The van der Waals surface area contributed by atoms with Crippen LogP contribution in [0.4, 0.5) is 4.79 Å². The Kier molecular flexibility index (Phi) is 9.92. The fourth-order valence-corrected chi connectivity index (χ4v) is 3.04. The van der Waals surface area contributed by atoms with Gasteiger partial charge >= 0.3 is 6.09 Å². The fraction of sp³-hybridized carbons (Fsp3) is 0.524. The molecule has 0 spiro atoms. The molecule has 31 heavy (non-hydrogen) atoms. The first kappa shape index (κ1) is 24.3. The Bertz CT molecular complexity index is 760. The first-order chi connectivity index (χ1) is 14.9. The van der Waals surface area contributed by atoms with Gasteiger partial charge in [-0.15, -0.1) is 0 Å². The number of nitrogens with zero attached hydrogens (tertiary/aromatic N) is 3. The molecule has 1 aromatic rings. The Morgan fingerprint density at radius 2 is 1.90 bits per heavy atom. The lowest BCUT2D eigenvalue weighted by Gasteiger charge is -2.31. The van der Waals surface area contributed by atoms with E-state index < -0.39 is 12.2 Å². The smallest absolute Gasteiger partial charge is 0.427 e. The zero-order valence-corrected chi connectivity index (χ0v) is 17.9. The molecule has 10 heteroatoms. The first-order valence-corrected chi connectivity index (χ1v) is 10.2. The van der Waals surface area contributed by atoms with Gasteiger partial charge in [0.05, 0.1) is 25.5 Å². The summed E-state index contributed by atoms with van der Waals surface area (Å²) in [7, 11) is 1.53. The van der Waals surface area contributed by atoms with Gasteiger partial charge in [-0.05, 0) is 37.5 Å². The van der Waals surface area contributed by atoms with Crippen molar-refractivity contribution >= 4 is 24.1 Å². The van der Waals surface area contributed by atoms with Crippen molar-refractivity contribution in [2.24, 2.45) is 5.10 Å². The van der Waals surface area contributed by atoms with Gasteiger partial charge in [-0.3, -0.25) is 9.59 Å². The minimum atomic E-state index is -0.650. The topological polar surface area (TPSA) is 120 Å². The van der Waals surface area contributed by atoms with Crippen LogP contribution in [0.5, 0.6) is 0 Å². The molecule has 10 nitrogen and oxygen atoms in total. The van der Waals surface area contributed by atoms with E-state index in [0.29, 0.717) is 43.7 Å². The van der Waals surface area contributed by atoms with Crippen molar-refractivity contribution in [1.29, 1.82) is 0 Å². The highest BCUT2D eigenvalue weighted by atomic mass is 16.5. The molecule has 0 aromatic heterocycles. The Balaban J connectivity index is 1.99. The summed E-state index contributed by atoms with van der Waals surface area (Å²) in [4.78, 5) is 39.8. The molecule has 1 fully saturated rings. The molecule has 0 atom stereocenters. The molecule has 3 amide bonds. The van der Waals surface area contributed by atoms with Crippen LogP contribution in [0.1, 0.15) is 35.7 Å². The van der Waals surface area contributed by atoms with Gasteiger partial charge in [0, 0.05) is 32.3 Å². The van der Waals surface area contributed by atoms with Crippen molar-refractivity contribution in [1.82, 2.24) is 15.2 Å². The van der Waals surface area contributed by atoms with Gasteiger partial charge in [0.25, 0.3) is 5.91 Å². The summed E-state index contributed by atoms with van der Waals surface area (Å²) in [5.41, 5.74) is 3.31. The molecule has 1 N–H and O–H groups in total. The largest absolute Gasteiger partial charge is 0.449 e. The fourth-order valence-electron chi connectivity index (χ4n) is 3.04. The van der Waals surface area contributed by atoms with Crippen molar-refractivity contribution in [3.63, 3.8) is 0 Å². The normalized spacial score (nSPS) is 14.5. The predicted molar refractivity (Wildman–Crippen MR) is 112 cm³/mol. The van der Waals surface area contributed by atoms with Crippen LogP contribution < -0.4 is 5.43 Å². The highest BCUT2D eigenvalue weighted by Crippen LogP contribution is 2.12. The highest BCUT2D eigenvalue weighted by molar-refractivity contribution is 5.97. The van der Waals surface area contributed by atoms with E-state index in [-0.39, 0.29) is 31.5 Å². The van der Waals surface area contributed by atoms with Gasteiger partial charge in [-0.2, -0.15) is 5.10 Å². The maximum Gasteiger partial charge on any atom is 0.427 e. The number of carbonyl (C=O) groups is 3. The average molecular weight is 433 g/mol. The number of ether oxygens (including phenoxy) is 2. The Hall–Kier alpha value is -2.98. The third kappa shape index (κ3) is 7.99. The van der Waals surface area contributed by atoms with Gasteiger partial charge in [-0.25, -0.2) is 15.3 Å². The maximum atomic E-state index is 13.0. The summed E-state index contributed by atoms with van der Waals surface area (Å²) in [6.45, 7) is 3.28. The van der Waals surface area contributed by atoms with E-state index in [1.807, 2.05) is 0 Å². The van der Waals surface area contributed by atoms with Crippen LogP contribution in [-0.2, 0) is 19.4 Å². The number of hydrogen-bond donors (Lipinski definition) is 1. The summed E-state index contributed by atoms with van der Waals surface area (Å²) >= 11 is 0. The van der Waals surface area contributed by atoms with Gasteiger partial charge in [0.1, 0.15) is 6.54 Å². The number of methoxy groups -OCH3 is 1. The third-order valence-corrected chi connectivity index (χ3v) is 4.78. The SMILES string of the molecule is CCOC(=O)NN=Cc1ccc(C(=O)N(CCOC)CC(=O)N2CCC([O])CC2)cc1. The Morgan fingerprint density at radius 1 is 1.23 bits per heavy atom. The number of hydrazone groups is 1. The van der Waals surface area contributed by atoms with Crippen molar-refractivity contribution < 1.29 is 29.0 Å². The van der Waals surface area contributed by atoms with Crippen LogP contribution in [-0.4, -0.2) is 86.5 Å². The second-order valence-electron chi connectivity index (χ2n) is 7.01. The molecule has 2 rings (SSSR count). The Labute approximate surface area is 181 Å². The van der Waals surface area contributed by atoms with Gasteiger partial charge in [0.2, 0.25) is 5.91 Å². The minimum Gasteiger partial charge on any atom is -0.449 e. The minimum absolute atomic E-state index is 0.0710. The number of rotatable bonds is 9. The van der Waals surface area contributed by atoms with E-state index in [9.17, 15) is 19.5 Å². The van der Waals surface area contributed by atoms with Gasteiger partial charge in [-0.1, -0.05) is 12.1 Å². The van der Waals surface area contributed by atoms with Crippen LogP contribution in [0.2, 0.25) is 0 Å². The van der Waals surface area contributed by atoms with Crippen molar-refractivity contribution in [2.45, 2.75) is 25.9 Å². The van der Waals surface area contributed by atoms with E-state index in [1.54, 1.807) is 36.1 Å². The number of piperidine rings is 1. The van der Waals surface area contributed by atoms with Crippen LogP contribution in [0.15, 0.2) is 29.4 Å². The molecule has 1 aromatic carbocycles. The summed E-state index contributed by atoms with van der Waals surface area (Å²) in [5, 5.41) is 15.2. The van der Waals surface area contributed by atoms with Crippen molar-refractivity contribution in [2.75, 3.05) is 46.5 Å². The summed E-state index contributed by atoms with van der Waals surface area (Å²) in [6.07, 6.45) is 1.03. The summed E-state index contributed by atoms with van der Waals surface area (Å²) < 4.78 is 9.78. The van der Waals surface area contributed by atoms with Gasteiger partial charge < -0.3 is 19.3 Å². The van der Waals surface area contributed by atoms with E-state index in [0.717, 1.165) is 0 Å². The zero-order valence-electron chi connectivity index (χ0n) is 17.9. The van der Waals surface area contributed by atoms with Crippen LogP contribution in [0.25, 0.3) is 0 Å². The summed E-state index contributed by atoms with van der Waals surface area (Å²) in [5.74, 6) is -0.470. The second-order valence-corrected chi connectivity index (χ2v) is 7.01. The molecule has 1 aliphatic heterocycles. The number of carbonyl (C=O) groups excluding carboxylic acids is 3. The third-order valence-electron chi connectivity index (χ3n) is 4.78. The van der Waals surface area contributed by atoms with Crippen LogP contribution in [0, 0.1) is 0 Å². The quantitative estimate of drug-likeness (QED) is 0.465. The van der Waals surface area contributed by atoms with Crippen molar-refractivity contribution in [3.05, 3.63) is 35.4 Å². The number of likely N-dealkylation sites (tertiary alicyclic amines) is 1. The number of benzene rings is 1. The maximum absolute atomic E-state index is 13.0. The molecule has 1 saturated heterocycles. The molecule has 0 saturated carbocycles. The van der Waals surface area contributed by atoms with Crippen molar-refractivity contribution in [3.8, 4) is 0 Å². The molecule has 0 unspecified atom stereocenters. The van der Waals surface area contributed by atoms with E-state index in [4.69, 9.17) is 9.47 Å². The summed E-state index contributed by atoms with van der Waals surface area (Å²) in [6, 6.07) is 6.61. The molecule has 1 aliphatic rings. The van der Waals surface area contributed by atoms with E-state index in [2.05, 4.69) is 10.5 Å². The second kappa shape index (κ2) is 12.7. The van der Waals surface area contributed by atoms with E-state index >= 15 is 0 Å². The van der Waals surface area contributed by atoms with E-state index in [1.165, 1.54) is 18.2 Å². The molecule has 0 aliphatic carbocycles. The molecule has 169 valence electrons. The predicted octanol–water partition coefficient (Wildman–Crippen LogP) is 1.28. The Morgan fingerprint density at radius 3 is 2.52 bits per heavy atom. The average Bonchev–Trinajstić information content (AvgIpc) is 2.77. The number of nitrogens with one attached hydrogen (secondary N) is 1.